The van der Waals surface area contributed by atoms with Crippen LogP contribution in [0.15, 0.2) is 59.5 Å². The van der Waals surface area contributed by atoms with Crippen LogP contribution in [-0.4, -0.2) is 27.7 Å². The van der Waals surface area contributed by atoms with Crippen molar-refractivity contribution in [2.75, 3.05) is 6.26 Å². The van der Waals surface area contributed by atoms with Crippen LogP contribution in [-0.2, 0) is 9.84 Å². The van der Waals surface area contributed by atoms with Gasteiger partial charge in [-0.05, 0) is 40.4 Å². The van der Waals surface area contributed by atoms with Crippen molar-refractivity contribution in [3.8, 4) is 11.1 Å². The highest BCUT2D eigenvalue weighted by atomic mass is 32.2. The van der Waals surface area contributed by atoms with E-state index in [9.17, 15) is 8.42 Å². The molecule has 3 rings (SSSR count). The summed E-state index contributed by atoms with van der Waals surface area (Å²) in [5.74, 6) is 0. The molecule has 2 aromatic carbocycles. The third-order valence-electron chi connectivity index (χ3n) is 5.83. The molecule has 0 aliphatic heterocycles. The molecule has 142 valence electrons. The summed E-state index contributed by atoms with van der Waals surface area (Å²) in [6.07, 6.45) is 1.24. The Hall–Kier alpha value is -1.98. The van der Waals surface area contributed by atoms with E-state index in [0.29, 0.717) is 4.90 Å². The smallest absolute Gasteiger partial charge is 0.175 e. The zero-order chi connectivity index (χ0) is 20.0. The molecule has 0 spiro atoms. The third kappa shape index (κ3) is 3.71. The molecule has 3 nitrogen and oxygen atoms in total. The molecule has 3 aromatic rings. The van der Waals surface area contributed by atoms with Crippen LogP contribution in [0.5, 0.6) is 0 Å². The Balaban J connectivity index is 2.26. The molecule has 0 unspecified atom stereocenters. The van der Waals surface area contributed by atoms with Crippen LogP contribution in [0.2, 0.25) is 18.1 Å². The van der Waals surface area contributed by atoms with E-state index in [1.807, 2.05) is 24.3 Å². The highest BCUT2D eigenvalue weighted by molar-refractivity contribution is 7.90. The second kappa shape index (κ2) is 6.57. The summed E-state index contributed by atoms with van der Waals surface area (Å²) in [7, 11) is -5.01. The molecule has 1 aromatic heterocycles. The van der Waals surface area contributed by atoms with E-state index in [0.717, 1.165) is 22.0 Å². The second-order valence-corrected chi connectivity index (χ2v) is 16.0. The van der Waals surface area contributed by atoms with Gasteiger partial charge in [0.15, 0.2) is 9.84 Å². The van der Waals surface area contributed by atoms with Crippen LogP contribution < -0.4 is 5.32 Å². The molecule has 0 saturated heterocycles. The van der Waals surface area contributed by atoms with E-state index in [1.54, 1.807) is 12.1 Å². The molecular formula is C22H27NO2SSi. The molecule has 0 aliphatic carbocycles. The highest BCUT2D eigenvalue weighted by Crippen LogP contribution is 2.37. The predicted octanol–water partition coefficient (Wildman–Crippen LogP) is 5.02. The summed E-state index contributed by atoms with van der Waals surface area (Å²) >= 11 is 0. The van der Waals surface area contributed by atoms with E-state index in [2.05, 4.69) is 52.1 Å². The fraction of sp³-hybridized carbons (Fsp3) is 0.318. The number of pyridine rings is 1. The van der Waals surface area contributed by atoms with Gasteiger partial charge in [0, 0.05) is 17.0 Å². The molecule has 0 radical (unpaired) electrons. The lowest BCUT2D eigenvalue weighted by Gasteiger charge is -2.36. The maximum Gasteiger partial charge on any atom is 0.175 e. The maximum atomic E-state index is 11.8. The monoisotopic (exact) mass is 397 g/mol. The topological polar surface area (TPSA) is 47.0 Å². The van der Waals surface area contributed by atoms with Crippen molar-refractivity contribution in [1.82, 2.24) is 4.98 Å². The summed E-state index contributed by atoms with van der Waals surface area (Å²) in [5, 5.41) is 2.45. The first kappa shape index (κ1) is 19.8. The Morgan fingerprint density at radius 1 is 0.926 bits per heavy atom. The van der Waals surface area contributed by atoms with E-state index in [1.165, 1.54) is 11.6 Å². The highest BCUT2D eigenvalue weighted by Gasteiger charge is 2.38. The molecule has 0 saturated carbocycles. The summed E-state index contributed by atoms with van der Waals surface area (Å²) in [6.45, 7) is 11.6. The quantitative estimate of drug-likeness (QED) is 0.583. The predicted molar refractivity (Wildman–Crippen MR) is 117 cm³/mol. The molecule has 0 N–H and O–H groups in total. The van der Waals surface area contributed by atoms with Gasteiger partial charge in [0.05, 0.1) is 10.4 Å². The lowest BCUT2D eigenvalue weighted by molar-refractivity contribution is 0.602. The number of hydrogen-bond donors (Lipinski definition) is 0. The Bertz CT molecular complexity index is 1100. The number of nitrogens with zero attached hydrogens (tertiary/aromatic N) is 1. The Kier molecular flexibility index (Phi) is 4.81. The van der Waals surface area contributed by atoms with Crippen LogP contribution in [0.4, 0.5) is 0 Å². The molecule has 0 atom stereocenters. The van der Waals surface area contributed by atoms with Crippen molar-refractivity contribution in [1.29, 1.82) is 0 Å². The number of aromatic nitrogens is 1. The van der Waals surface area contributed by atoms with Crippen LogP contribution in [0.25, 0.3) is 22.0 Å². The van der Waals surface area contributed by atoms with E-state index >= 15 is 0 Å². The number of hydrogen-bond acceptors (Lipinski definition) is 3. The normalized spacial score (nSPS) is 13.1. The summed E-state index contributed by atoms with van der Waals surface area (Å²) in [5.41, 5.74) is 3.11. The average Bonchev–Trinajstić information content (AvgIpc) is 2.59. The maximum absolute atomic E-state index is 11.8. The van der Waals surface area contributed by atoms with Gasteiger partial charge in [-0.15, -0.1) is 0 Å². The van der Waals surface area contributed by atoms with Gasteiger partial charge in [0.1, 0.15) is 8.07 Å². The van der Waals surface area contributed by atoms with Crippen LogP contribution in [0.1, 0.15) is 20.8 Å². The lowest BCUT2D eigenvalue weighted by atomic mass is 10.0. The van der Waals surface area contributed by atoms with Gasteiger partial charge >= 0.3 is 0 Å². The van der Waals surface area contributed by atoms with Crippen molar-refractivity contribution in [2.45, 2.75) is 43.8 Å². The first-order valence-electron chi connectivity index (χ1n) is 9.12. The van der Waals surface area contributed by atoms with Crippen molar-refractivity contribution < 1.29 is 8.42 Å². The first-order valence-corrected chi connectivity index (χ1v) is 14.0. The SMILES string of the molecule is CC(C)(C)[Si](C)(C)c1cc(-c2ccc(S(C)(=O)=O)cc2)c2ccccc2n1. The minimum atomic E-state index is -3.20. The van der Waals surface area contributed by atoms with Crippen LogP contribution in [0, 0.1) is 0 Å². The number of rotatable bonds is 3. The Morgan fingerprint density at radius 2 is 1.52 bits per heavy atom. The molecule has 0 bridgehead atoms. The number of sulfone groups is 1. The lowest BCUT2D eigenvalue weighted by Crippen LogP contribution is -2.51. The van der Waals surface area contributed by atoms with E-state index in [4.69, 9.17) is 4.98 Å². The number of fused-ring (bicyclic) bond motifs is 1. The van der Waals surface area contributed by atoms with Gasteiger partial charge in [-0.2, -0.15) is 0 Å². The number of benzene rings is 2. The molecule has 27 heavy (non-hydrogen) atoms. The fourth-order valence-corrected chi connectivity index (χ4v) is 5.30. The zero-order valence-corrected chi connectivity index (χ0v) is 18.7. The minimum absolute atomic E-state index is 0.180. The zero-order valence-electron chi connectivity index (χ0n) is 16.9. The summed E-state index contributed by atoms with van der Waals surface area (Å²) in [6, 6.07) is 17.6. The van der Waals surface area contributed by atoms with Gasteiger partial charge in [-0.1, -0.05) is 64.2 Å². The molecule has 0 aliphatic rings. The molecule has 1 heterocycles. The Morgan fingerprint density at radius 3 is 2.07 bits per heavy atom. The molecule has 0 amide bonds. The second-order valence-electron chi connectivity index (χ2n) is 8.74. The fourth-order valence-electron chi connectivity index (χ4n) is 3.00. The summed E-state index contributed by atoms with van der Waals surface area (Å²) < 4.78 is 23.6. The van der Waals surface area contributed by atoms with Crippen LogP contribution >= 0.6 is 0 Å². The van der Waals surface area contributed by atoms with Gasteiger partial charge < -0.3 is 0 Å². The Labute approximate surface area is 163 Å². The van der Waals surface area contributed by atoms with Gasteiger partial charge in [-0.25, -0.2) is 8.42 Å². The van der Waals surface area contributed by atoms with Gasteiger partial charge in [0.2, 0.25) is 0 Å². The van der Waals surface area contributed by atoms with Crippen molar-refractivity contribution in [3.05, 3.63) is 54.6 Å². The largest absolute Gasteiger partial charge is 0.258 e. The third-order valence-corrected chi connectivity index (χ3v) is 12.2. The van der Waals surface area contributed by atoms with Gasteiger partial charge in [0.25, 0.3) is 0 Å². The van der Waals surface area contributed by atoms with E-state index in [-0.39, 0.29) is 5.04 Å². The van der Waals surface area contributed by atoms with E-state index < -0.39 is 17.9 Å². The standard InChI is InChI=1S/C22H27NO2SSi/c1-22(2,3)27(5,6)21-15-19(18-9-7-8-10-20(18)23-21)16-11-13-17(14-12-16)26(4,24)25/h7-15H,1-6H3. The first-order chi connectivity index (χ1) is 12.4. The minimum Gasteiger partial charge on any atom is -0.258 e. The van der Waals surface area contributed by atoms with Crippen molar-refractivity contribution >= 4 is 34.1 Å². The van der Waals surface area contributed by atoms with Crippen molar-refractivity contribution in [3.63, 3.8) is 0 Å². The van der Waals surface area contributed by atoms with Crippen LogP contribution in [0.3, 0.4) is 0 Å². The van der Waals surface area contributed by atoms with Gasteiger partial charge in [-0.3, -0.25) is 4.98 Å². The molecule has 0 fully saturated rings. The summed E-state index contributed by atoms with van der Waals surface area (Å²) in [4.78, 5) is 5.36. The molecule has 5 heteroatoms. The number of para-hydroxylation sites is 1. The molecular weight excluding hydrogens is 370 g/mol. The van der Waals surface area contributed by atoms with Crippen molar-refractivity contribution in [2.24, 2.45) is 0 Å². The average molecular weight is 398 g/mol.